The average Bonchev–Trinajstić information content (AvgIpc) is 2.79. The van der Waals surface area contributed by atoms with Gasteiger partial charge >= 0.3 is 11.9 Å². The monoisotopic (exact) mass is 488 g/mol. The molecule has 2 aromatic rings. The zero-order valence-electron chi connectivity index (χ0n) is 19.8. The molecule has 0 bridgehead atoms. The molecule has 0 spiro atoms. The van der Waals surface area contributed by atoms with Gasteiger partial charge in [-0.1, -0.05) is 32.4 Å². The molecule has 2 aromatic carbocycles. The number of nitrogen functional groups attached to an aromatic ring is 1. The maximum Gasteiger partial charge on any atom is 0.338 e. The molecule has 0 atom stereocenters. The van der Waals surface area contributed by atoms with Crippen LogP contribution in [0, 0.1) is 10.1 Å². The Morgan fingerprint density at radius 1 is 0.886 bits per heavy atom. The number of nitro groups is 1. The molecular formula is C26H36N2O7. The Morgan fingerprint density at radius 2 is 1.31 bits per heavy atom. The van der Waals surface area contributed by atoms with Crippen LogP contribution in [0.2, 0.25) is 0 Å². The third kappa shape index (κ3) is 7.26. The van der Waals surface area contributed by atoms with Gasteiger partial charge in [0.15, 0.2) is 0 Å². The van der Waals surface area contributed by atoms with E-state index < -0.39 is 10.9 Å². The minimum Gasteiger partial charge on any atom is -0.465 e. The highest BCUT2D eigenvalue weighted by Crippen LogP contribution is 2.41. The summed E-state index contributed by atoms with van der Waals surface area (Å²) in [6, 6.07) is 10.0. The molecule has 3 N–H and O–H groups in total. The van der Waals surface area contributed by atoms with Crippen LogP contribution in [0.5, 0.6) is 0 Å². The maximum absolute atomic E-state index is 11.3. The fourth-order valence-corrected chi connectivity index (χ4v) is 3.92. The van der Waals surface area contributed by atoms with Crippen molar-refractivity contribution in [1.82, 2.24) is 0 Å². The minimum absolute atomic E-state index is 0. The van der Waals surface area contributed by atoms with Crippen LogP contribution in [0.15, 0.2) is 36.4 Å². The maximum atomic E-state index is 11.3. The summed E-state index contributed by atoms with van der Waals surface area (Å²) in [4.78, 5) is 33.1. The molecule has 35 heavy (non-hydrogen) atoms. The van der Waals surface area contributed by atoms with Gasteiger partial charge in [-0.15, -0.1) is 0 Å². The number of benzene rings is 2. The largest absolute Gasteiger partial charge is 0.465 e. The zero-order chi connectivity index (χ0) is 25.3. The lowest BCUT2D eigenvalue weighted by Gasteiger charge is -2.27. The van der Waals surface area contributed by atoms with Gasteiger partial charge in [0.05, 0.1) is 30.3 Å². The first-order valence-corrected chi connectivity index (χ1v) is 11.1. The molecule has 0 heterocycles. The summed E-state index contributed by atoms with van der Waals surface area (Å²) in [5.41, 5.74) is 9.31. The molecule has 2 fully saturated rings. The quantitative estimate of drug-likeness (QED) is 0.252. The molecule has 0 unspecified atom stereocenters. The predicted molar refractivity (Wildman–Crippen MR) is 135 cm³/mol. The number of nitrogens with two attached hydrogens (primary N) is 1. The van der Waals surface area contributed by atoms with Gasteiger partial charge in [0.1, 0.15) is 0 Å². The van der Waals surface area contributed by atoms with E-state index in [1.165, 1.54) is 45.1 Å². The first-order valence-electron chi connectivity index (χ1n) is 11.1. The number of carbonyl (C=O) groups excluding carboxylic acids is 2. The molecule has 9 nitrogen and oxygen atoms in total. The Kier molecular flexibility index (Phi) is 11.9. The van der Waals surface area contributed by atoms with E-state index in [9.17, 15) is 19.7 Å². The number of esters is 2. The van der Waals surface area contributed by atoms with E-state index in [0.717, 1.165) is 31.9 Å². The standard InChI is InChI=1S/C12H13NO4.C12H15NO2.CH4O.CH4/c1-17-12(14)9-5-6-10(8-3-2-4-8)11(7-9)13(15)16;1-15-12(14)9-5-6-10(11(13)7-9)8-3-2-4-8;1-2;/h5-8H,2-4H2,1H3;5-8H,2-4,13H2,1H3;2H,1H3;1H4. The first-order chi connectivity index (χ1) is 16.3. The average molecular weight is 489 g/mol. The second kappa shape index (κ2) is 14.1. The van der Waals surface area contributed by atoms with Gasteiger partial charge < -0.3 is 20.3 Å². The van der Waals surface area contributed by atoms with Crippen molar-refractivity contribution >= 4 is 23.3 Å². The fourth-order valence-electron chi connectivity index (χ4n) is 3.92. The summed E-state index contributed by atoms with van der Waals surface area (Å²) in [7, 11) is 3.63. The summed E-state index contributed by atoms with van der Waals surface area (Å²) in [5.74, 6) is -0.0195. The number of aliphatic hydroxyl groups is 1. The van der Waals surface area contributed by atoms with Crippen LogP contribution < -0.4 is 5.73 Å². The molecule has 2 saturated carbocycles. The molecule has 4 rings (SSSR count). The molecular weight excluding hydrogens is 452 g/mol. The number of methoxy groups -OCH3 is 2. The molecule has 0 amide bonds. The number of hydrogen-bond donors (Lipinski definition) is 2. The van der Waals surface area contributed by atoms with E-state index >= 15 is 0 Å². The second-order valence-electron chi connectivity index (χ2n) is 8.11. The highest BCUT2D eigenvalue weighted by atomic mass is 16.6. The summed E-state index contributed by atoms with van der Waals surface area (Å²) in [6.45, 7) is 0. The van der Waals surface area contributed by atoms with Crippen LogP contribution in [-0.4, -0.2) is 43.3 Å². The molecule has 192 valence electrons. The second-order valence-corrected chi connectivity index (χ2v) is 8.11. The van der Waals surface area contributed by atoms with Crippen molar-refractivity contribution in [2.45, 2.75) is 57.8 Å². The van der Waals surface area contributed by atoms with Gasteiger partial charge in [0.25, 0.3) is 5.69 Å². The molecule has 9 heteroatoms. The summed E-state index contributed by atoms with van der Waals surface area (Å²) < 4.78 is 9.19. The van der Waals surface area contributed by atoms with Crippen molar-refractivity contribution in [3.05, 3.63) is 68.8 Å². The Labute approximate surface area is 206 Å². The van der Waals surface area contributed by atoms with Gasteiger partial charge in [0.2, 0.25) is 0 Å². The molecule has 0 aliphatic heterocycles. The van der Waals surface area contributed by atoms with Gasteiger partial charge in [-0.05, 0) is 61.3 Å². The number of nitro benzene ring substituents is 1. The predicted octanol–water partition coefficient (Wildman–Crippen LogP) is 5.22. The topological polar surface area (TPSA) is 142 Å². The number of hydrogen-bond acceptors (Lipinski definition) is 8. The summed E-state index contributed by atoms with van der Waals surface area (Å²) in [5, 5.41) is 18.0. The third-order valence-corrected chi connectivity index (χ3v) is 6.25. The van der Waals surface area contributed by atoms with E-state index in [1.807, 2.05) is 6.07 Å². The normalized spacial score (nSPS) is 14.3. The van der Waals surface area contributed by atoms with Crippen LogP contribution in [0.4, 0.5) is 11.4 Å². The Morgan fingerprint density at radius 3 is 1.69 bits per heavy atom. The van der Waals surface area contributed by atoms with E-state index in [4.69, 9.17) is 10.8 Å². The molecule has 0 aromatic heterocycles. The summed E-state index contributed by atoms with van der Waals surface area (Å²) in [6.07, 6.45) is 6.78. The smallest absolute Gasteiger partial charge is 0.338 e. The number of aliphatic hydroxyl groups excluding tert-OH is 1. The molecule has 0 saturated heterocycles. The lowest BCUT2D eigenvalue weighted by Crippen LogP contribution is -2.12. The number of anilines is 1. The minimum atomic E-state index is -0.548. The molecule has 0 radical (unpaired) electrons. The van der Waals surface area contributed by atoms with Gasteiger partial charge in [0, 0.05) is 24.4 Å². The van der Waals surface area contributed by atoms with Gasteiger partial charge in [-0.25, -0.2) is 9.59 Å². The highest BCUT2D eigenvalue weighted by molar-refractivity contribution is 5.91. The van der Waals surface area contributed by atoms with Crippen molar-refractivity contribution in [2.24, 2.45) is 0 Å². The number of ether oxygens (including phenoxy) is 2. The Hall–Kier alpha value is -3.46. The van der Waals surface area contributed by atoms with Gasteiger partial charge in [-0.2, -0.15) is 0 Å². The van der Waals surface area contributed by atoms with Crippen LogP contribution >= 0.6 is 0 Å². The van der Waals surface area contributed by atoms with Crippen LogP contribution in [-0.2, 0) is 9.47 Å². The van der Waals surface area contributed by atoms with Crippen molar-refractivity contribution in [3.8, 4) is 0 Å². The van der Waals surface area contributed by atoms with Crippen LogP contribution in [0.1, 0.15) is 89.6 Å². The number of carbonyl (C=O) groups is 2. The lowest BCUT2D eigenvalue weighted by molar-refractivity contribution is -0.385. The van der Waals surface area contributed by atoms with E-state index in [1.54, 1.807) is 24.3 Å². The molecule has 2 aliphatic carbocycles. The zero-order valence-corrected chi connectivity index (χ0v) is 19.8. The van der Waals surface area contributed by atoms with E-state index in [0.29, 0.717) is 17.2 Å². The van der Waals surface area contributed by atoms with Crippen molar-refractivity contribution in [1.29, 1.82) is 0 Å². The number of rotatable bonds is 5. The van der Waals surface area contributed by atoms with Crippen LogP contribution in [0.25, 0.3) is 0 Å². The van der Waals surface area contributed by atoms with Crippen LogP contribution in [0.3, 0.4) is 0 Å². The van der Waals surface area contributed by atoms with E-state index in [2.05, 4.69) is 9.47 Å². The highest BCUT2D eigenvalue weighted by Gasteiger charge is 2.28. The first kappa shape index (κ1) is 29.6. The Balaban J connectivity index is 0.000000320. The fraction of sp³-hybridized carbons (Fsp3) is 0.462. The van der Waals surface area contributed by atoms with Crippen molar-refractivity contribution in [2.75, 3.05) is 27.1 Å². The van der Waals surface area contributed by atoms with Crippen molar-refractivity contribution in [3.63, 3.8) is 0 Å². The SMILES string of the molecule is C.CO.COC(=O)c1ccc(C2CCC2)c(N)c1.COC(=O)c1ccc(C2CCC2)c([N+](=O)[O-])c1. The van der Waals surface area contributed by atoms with Gasteiger partial charge in [-0.3, -0.25) is 10.1 Å². The van der Waals surface area contributed by atoms with Crippen molar-refractivity contribution < 1.29 is 29.1 Å². The Bertz CT molecular complexity index is 1010. The van der Waals surface area contributed by atoms with E-state index in [-0.39, 0.29) is 30.6 Å². The lowest BCUT2D eigenvalue weighted by atomic mass is 9.79. The molecule has 2 aliphatic rings. The summed E-state index contributed by atoms with van der Waals surface area (Å²) >= 11 is 0. The third-order valence-electron chi connectivity index (χ3n) is 6.25. The number of nitrogens with zero attached hydrogens (tertiary/aromatic N) is 1.